The Morgan fingerprint density at radius 2 is 1.78 bits per heavy atom. The summed E-state index contributed by atoms with van der Waals surface area (Å²) < 4.78 is 0. The van der Waals surface area contributed by atoms with E-state index >= 15 is 0 Å². The number of rotatable bonds is 4. The molecule has 0 bridgehead atoms. The first-order chi connectivity index (χ1) is 12.8. The lowest BCUT2D eigenvalue weighted by Gasteiger charge is -2.26. The Labute approximate surface area is 158 Å². The molecular formula is C20H23N5O2. The molecule has 7 nitrogen and oxygen atoms in total. The Bertz CT molecular complexity index is 894. The Balaban J connectivity index is 2.06. The van der Waals surface area contributed by atoms with Crippen LogP contribution in [0.1, 0.15) is 25.0 Å². The Morgan fingerprint density at radius 3 is 2.37 bits per heavy atom. The molecule has 0 saturated carbocycles. The summed E-state index contributed by atoms with van der Waals surface area (Å²) in [5, 5.41) is 5.56. The van der Waals surface area contributed by atoms with Crippen molar-refractivity contribution in [2.24, 2.45) is 10.7 Å². The van der Waals surface area contributed by atoms with Crippen LogP contribution in [-0.4, -0.2) is 35.9 Å². The molecule has 3 rings (SSSR count). The number of hydrogen-bond acceptors (Lipinski definition) is 4. The van der Waals surface area contributed by atoms with Gasteiger partial charge in [0.15, 0.2) is 11.5 Å². The highest BCUT2D eigenvalue weighted by atomic mass is 16.2. The van der Waals surface area contributed by atoms with Gasteiger partial charge in [0.2, 0.25) is 0 Å². The van der Waals surface area contributed by atoms with E-state index in [-0.39, 0.29) is 23.9 Å². The molecule has 7 heteroatoms. The van der Waals surface area contributed by atoms with Gasteiger partial charge in [0, 0.05) is 18.8 Å². The summed E-state index contributed by atoms with van der Waals surface area (Å²) in [5.41, 5.74) is 6.61. The van der Waals surface area contributed by atoms with E-state index in [0.717, 1.165) is 0 Å². The van der Waals surface area contributed by atoms with Gasteiger partial charge in [-0.15, -0.1) is 0 Å². The van der Waals surface area contributed by atoms with Gasteiger partial charge in [-0.05, 0) is 37.1 Å². The topological polar surface area (TPSA) is 99.8 Å². The number of guanidine groups is 1. The molecule has 1 unspecified atom stereocenters. The highest BCUT2D eigenvalue weighted by Crippen LogP contribution is 2.39. The maximum absolute atomic E-state index is 13.1. The van der Waals surface area contributed by atoms with E-state index in [9.17, 15) is 9.59 Å². The van der Waals surface area contributed by atoms with Crippen molar-refractivity contribution in [2.75, 3.05) is 12.4 Å². The highest BCUT2D eigenvalue weighted by Gasteiger charge is 2.49. The minimum absolute atomic E-state index is 0.0123. The van der Waals surface area contributed by atoms with Crippen LogP contribution in [0, 0.1) is 0 Å². The van der Waals surface area contributed by atoms with Gasteiger partial charge in [0.25, 0.3) is 5.91 Å². The van der Waals surface area contributed by atoms with Gasteiger partial charge in [-0.3, -0.25) is 9.69 Å². The minimum atomic E-state index is -1.27. The van der Waals surface area contributed by atoms with E-state index in [2.05, 4.69) is 15.6 Å². The number of likely N-dealkylation sites (N-methyl/N-ethyl adjacent to an activating group) is 1. The third-order valence-corrected chi connectivity index (χ3v) is 4.39. The summed E-state index contributed by atoms with van der Waals surface area (Å²) in [6, 6.07) is 16.1. The van der Waals surface area contributed by atoms with Gasteiger partial charge < -0.3 is 16.4 Å². The highest BCUT2D eigenvalue weighted by molar-refractivity contribution is 6.09. The Kier molecular flexibility index (Phi) is 4.85. The number of carbonyl (C=O) groups is 2. The zero-order valence-electron chi connectivity index (χ0n) is 15.6. The first kappa shape index (κ1) is 18.4. The van der Waals surface area contributed by atoms with Crippen LogP contribution in [0.2, 0.25) is 0 Å². The number of nitrogens with zero attached hydrogens (tertiary/aromatic N) is 2. The first-order valence-corrected chi connectivity index (χ1v) is 8.71. The number of hydrogen-bond donors (Lipinski definition) is 3. The molecule has 0 aliphatic carbocycles. The average molecular weight is 365 g/mol. The second-order valence-electron chi connectivity index (χ2n) is 6.74. The van der Waals surface area contributed by atoms with Crippen LogP contribution in [0.4, 0.5) is 10.5 Å². The van der Waals surface area contributed by atoms with E-state index in [4.69, 9.17) is 5.73 Å². The lowest BCUT2D eigenvalue weighted by atomic mass is 9.82. The predicted octanol–water partition coefficient (Wildman–Crippen LogP) is 2.25. The first-order valence-electron chi connectivity index (χ1n) is 8.71. The number of benzene rings is 2. The molecule has 0 fully saturated rings. The third-order valence-electron chi connectivity index (χ3n) is 4.39. The molecule has 4 N–H and O–H groups in total. The van der Waals surface area contributed by atoms with Crippen molar-refractivity contribution >= 4 is 23.6 Å². The molecule has 0 radical (unpaired) electrons. The van der Waals surface area contributed by atoms with E-state index in [1.807, 2.05) is 50.2 Å². The fourth-order valence-electron chi connectivity index (χ4n) is 3.11. The zero-order chi connectivity index (χ0) is 19.6. The maximum Gasteiger partial charge on any atom is 0.319 e. The minimum Gasteiger partial charge on any atom is -0.369 e. The van der Waals surface area contributed by atoms with Crippen LogP contribution >= 0.6 is 0 Å². The molecular weight excluding hydrogens is 342 g/mol. The molecule has 0 saturated heterocycles. The second-order valence-corrected chi connectivity index (χ2v) is 6.74. The third kappa shape index (κ3) is 3.36. The van der Waals surface area contributed by atoms with Gasteiger partial charge in [-0.1, -0.05) is 42.5 Å². The number of aliphatic imine (C=N–C) groups is 1. The standard InChI is InChI=1S/C20H23N5O2/c1-13(2)22-19(27)23-16-11-7-10-15(12-16)20(14-8-5-4-6-9-14)17(26)25(3)18(21)24-20/h4-13H,1-3H3,(H2,21,24)(H2,22,23,27). The summed E-state index contributed by atoms with van der Waals surface area (Å²) >= 11 is 0. The molecule has 0 spiro atoms. The van der Waals surface area contributed by atoms with Crippen molar-refractivity contribution in [3.05, 3.63) is 65.7 Å². The number of nitrogens with one attached hydrogen (secondary N) is 2. The zero-order valence-corrected chi connectivity index (χ0v) is 15.6. The quantitative estimate of drug-likeness (QED) is 0.775. The van der Waals surface area contributed by atoms with Crippen molar-refractivity contribution in [3.63, 3.8) is 0 Å². The Hall–Kier alpha value is -3.35. The number of amides is 3. The van der Waals surface area contributed by atoms with Crippen molar-refractivity contribution < 1.29 is 9.59 Å². The molecule has 27 heavy (non-hydrogen) atoms. The number of carbonyl (C=O) groups excluding carboxylic acids is 2. The molecule has 2 aromatic carbocycles. The van der Waals surface area contributed by atoms with Crippen LogP contribution in [0.15, 0.2) is 59.6 Å². The van der Waals surface area contributed by atoms with Crippen molar-refractivity contribution in [1.29, 1.82) is 0 Å². The van der Waals surface area contributed by atoms with Crippen LogP contribution in [0.5, 0.6) is 0 Å². The van der Waals surface area contributed by atoms with Gasteiger partial charge >= 0.3 is 6.03 Å². The normalized spacial score (nSPS) is 19.2. The van der Waals surface area contributed by atoms with Crippen molar-refractivity contribution in [3.8, 4) is 0 Å². The van der Waals surface area contributed by atoms with Crippen LogP contribution in [0.25, 0.3) is 0 Å². The Morgan fingerprint density at radius 1 is 1.11 bits per heavy atom. The molecule has 2 aromatic rings. The number of urea groups is 1. The number of nitrogens with two attached hydrogens (primary N) is 1. The maximum atomic E-state index is 13.1. The van der Waals surface area contributed by atoms with Crippen LogP contribution < -0.4 is 16.4 Å². The molecule has 1 atom stereocenters. The summed E-state index contributed by atoms with van der Waals surface area (Å²) in [5.74, 6) is -0.0882. The van der Waals surface area contributed by atoms with E-state index < -0.39 is 5.54 Å². The average Bonchev–Trinajstić information content (AvgIpc) is 2.87. The second kappa shape index (κ2) is 7.11. The largest absolute Gasteiger partial charge is 0.369 e. The fraction of sp³-hybridized carbons (Fsp3) is 0.250. The fourth-order valence-corrected chi connectivity index (χ4v) is 3.11. The van der Waals surface area contributed by atoms with E-state index in [1.54, 1.807) is 25.2 Å². The monoisotopic (exact) mass is 365 g/mol. The SMILES string of the molecule is CC(C)NC(=O)Nc1cccc(C2(c3ccccc3)N=C(N)N(C)C2=O)c1. The summed E-state index contributed by atoms with van der Waals surface area (Å²) in [4.78, 5) is 31.1. The van der Waals surface area contributed by atoms with Crippen LogP contribution in [0.3, 0.4) is 0 Å². The molecule has 140 valence electrons. The van der Waals surface area contributed by atoms with Crippen molar-refractivity contribution in [1.82, 2.24) is 10.2 Å². The van der Waals surface area contributed by atoms with Gasteiger partial charge in [-0.2, -0.15) is 0 Å². The molecule has 3 amide bonds. The van der Waals surface area contributed by atoms with E-state index in [1.165, 1.54) is 4.90 Å². The lowest BCUT2D eigenvalue weighted by Crippen LogP contribution is -2.41. The van der Waals surface area contributed by atoms with Gasteiger partial charge in [-0.25, -0.2) is 9.79 Å². The summed E-state index contributed by atoms with van der Waals surface area (Å²) in [7, 11) is 1.60. The molecule has 1 aliphatic heterocycles. The summed E-state index contributed by atoms with van der Waals surface area (Å²) in [6.07, 6.45) is 0. The smallest absolute Gasteiger partial charge is 0.319 e. The number of anilines is 1. The molecule has 1 heterocycles. The van der Waals surface area contributed by atoms with Gasteiger partial charge in [0.1, 0.15) is 0 Å². The molecule has 1 aliphatic rings. The van der Waals surface area contributed by atoms with E-state index in [0.29, 0.717) is 16.8 Å². The van der Waals surface area contributed by atoms with Crippen LogP contribution in [-0.2, 0) is 10.3 Å². The molecule has 0 aromatic heterocycles. The van der Waals surface area contributed by atoms with Crippen molar-refractivity contribution in [2.45, 2.75) is 25.4 Å². The van der Waals surface area contributed by atoms with Gasteiger partial charge in [0.05, 0.1) is 0 Å². The predicted molar refractivity (Wildman–Crippen MR) is 105 cm³/mol. The lowest BCUT2D eigenvalue weighted by molar-refractivity contribution is -0.129. The summed E-state index contributed by atoms with van der Waals surface area (Å²) in [6.45, 7) is 3.76.